The second kappa shape index (κ2) is 5.28. The summed E-state index contributed by atoms with van der Waals surface area (Å²) in [5.74, 6) is 1.08. The van der Waals surface area contributed by atoms with Gasteiger partial charge in [-0.2, -0.15) is 0 Å². The normalized spacial score (nSPS) is 25.8. The van der Waals surface area contributed by atoms with Crippen molar-refractivity contribution < 1.29 is 0 Å². The maximum atomic E-state index is 4.46. The molecule has 0 amide bonds. The summed E-state index contributed by atoms with van der Waals surface area (Å²) in [5.41, 5.74) is 0.439. The highest BCUT2D eigenvalue weighted by molar-refractivity contribution is 7.14. The molecule has 1 unspecified atom stereocenters. The predicted molar refractivity (Wildman–Crippen MR) is 86.8 cm³/mol. The Hall–Kier alpha value is -1.23. The molecule has 3 rings (SSSR count). The molecule has 1 aliphatic heterocycles. The highest BCUT2D eigenvalue weighted by Crippen LogP contribution is 2.44. The van der Waals surface area contributed by atoms with Crippen LogP contribution in [0.25, 0.3) is 0 Å². The van der Waals surface area contributed by atoms with Gasteiger partial charge < -0.3 is 15.1 Å². The van der Waals surface area contributed by atoms with Crippen LogP contribution in [0.15, 0.2) is 22.5 Å². The minimum atomic E-state index is 0.439. The van der Waals surface area contributed by atoms with Gasteiger partial charge in [-0.05, 0) is 29.3 Å². The van der Waals surface area contributed by atoms with Crippen molar-refractivity contribution in [2.75, 3.05) is 38.1 Å². The number of thiophene rings is 1. The highest BCUT2D eigenvalue weighted by atomic mass is 32.1. The molecule has 0 aromatic carbocycles. The third-order valence-electron chi connectivity index (χ3n) is 4.43. The zero-order valence-electron chi connectivity index (χ0n) is 12.6. The molecule has 1 saturated carbocycles. The number of aliphatic imine (C=N–C) groups is 1. The summed E-state index contributed by atoms with van der Waals surface area (Å²) in [4.78, 5) is 9.32. The Labute approximate surface area is 125 Å². The van der Waals surface area contributed by atoms with Gasteiger partial charge in [0.25, 0.3) is 0 Å². The fourth-order valence-corrected chi connectivity index (χ4v) is 3.54. The summed E-state index contributed by atoms with van der Waals surface area (Å²) in [5, 5.41) is 7.15. The Kier molecular flexibility index (Phi) is 3.63. The van der Waals surface area contributed by atoms with Crippen LogP contribution in [0.1, 0.15) is 20.3 Å². The van der Waals surface area contributed by atoms with Crippen molar-refractivity contribution in [3.63, 3.8) is 0 Å². The van der Waals surface area contributed by atoms with Crippen molar-refractivity contribution in [3.05, 3.63) is 17.5 Å². The van der Waals surface area contributed by atoms with Gasteiger partial charge in [0.15, 0.2) is 5.96 Å². The Morgan fingerprint density at radius 3 is 2.55 bits per heavy atom. The number of hydrogen-bond acceptors (Lipinski definition) is 3. The Balaban J connectivity index is 1.54. The summed E-state index contributed by atoms with van der Waals surface area (Å²) >= 11 is 1.83. The Bertz CT molecular complexity index is 472. The molecule has 110 valence electrons. The average Bonchev–Trinajstić information content (AvgIpc) is 2.85. The van der Waals surface area contributed by atoms with Crippen molar-refractivity contribution in [1.82, 2.24) is 10.2 Å². The van der Waals surface area contributed by atoms with Crippen molar-refractivity contribution in [2.45, 2.75) is 26.3 Å². The fourth-order valence-electron chi connectivity index (χ4n) is 2.76. The maximum absolute atomic E-state index is 4.46. The van der Waals surface area contributed by atoms with E-state index in [2.05, 4.69) is 51.5 Å². The van der Waals surface area contributed by atoms with Crippen LogP contribution in [0.3, 0.4) is 0 Å². The van der Waals surface area contributed by atoms with Crippen LogP contribution in [0.2, 0.25) is 0 Å². The van der Waals surface area contributed by atoms with E-state index in [-0.39, 0.29) is 0 Å². The number of piperazine rings is 1. The molecule has 1 saturated heterocycles. The molecule has 4 nitrogen and oxygen atoms in total. The van der Waals surface area contributed by atoms with Crippen LogP contribution >= 0.6 is 11.3 Å². The molecule has 0 radical (unpaired) electrons. The van der Waals surface area contributed by atoms with Gasteiger partial charge in [0.05, 0.1) is 5.00 Å². The van der Waals surface area contributed by atoms with Gasteiger partial charge in [0, 0.05) is 39.3 Å². The van der Waals surface area contributed by atoms with Crippen molar-refractivity contribution >= 4 is 22.3 Å². The monoisotopic (exact) mass is 292 g/mol. The summed E-state index contributed by atoms with van der Waals surface area (Å²) in [7, 11) is 1.89. The van der Waals surface area contributed by atoms with Gasteiger partial charge in [0.2, 0.25) is 0 Å². The Morgan fingerprint density at radius 2 is 2.05 bits per heavy atom. The van der Waals surface area contributed by atoms with E-state index in [1.165, 1.54) is 11.4 Å². The lowest BCUT2D eigenvalue weighted by atomic mass is 10.2. The first-order valence-corrected chi connectivity index (χ1v) is 8.25. The lowest BCUT2D eigenvalue weighted by Crippen LogP contribution is -2.53. The number of nitrogens with one attached hydrogen (secondary N) is 1. The van der Waals surface area contributed by atoms with Crippen LogP contribution in [-0.2, 0) is 0 Å². The van der Waals surface area contributed by atoms with Crippen LogP contribution in [0, 0.1) is 5.41 Å². The Morgan fingerprint density at radius 1 is 1.35 bits per heavy atom. The van der Waals surface area contributed by atoms with Crippen molar-refractivity contribution in [1.29, 1.82) is 0 Å². The first-order chi connectivity index (χ1) is 9.60. The summed E-state index contributed by atoms with van der Waals surface area (Å²) in [6.07, 6.45) is 1.25. The van der Waals surface area contributed by atoms with Gasteiger partial charge in [-0.25, -0.2) is 0 Å². The first-order valence-electron chi connectivity index (χ1n) is 7.37. The highest BCUT2D eigenvalue weighted by Gasteiger charge is 2.46. The minimum Gasteiger partial charge on any atom is -0.360 e. The largest absolute Gasteiger partial charge is 0.360 e. The number of guanidine groups is 1. The van der Waals surface area contributed by atoms with E-state index in [4.69, 9.17) is 0 Å². The standard InChI is InChI=1S/C15H24N4S/c1-15(2)11-12(15)17-14(16-3)19-8-6-18(7-9-19)13-5-4-10-20-13/h4-5,10,12H,6-9,11H2,1-3H3,(H,16,17). The van der Waals surface area contributed by atoms with Gasteiger partial charge in [-0.15, -0.1) is 11.3 Å². The molecule has 1 aliphatic carbocycles. The van der Waals surface area contributed by atoms with Gasteiger partial charge >= 0.3 is 0 Å². The summed E-state index contributed by atoms with van der Waals surface area (Å²) < 4.78 is 0. The van der Waals surface area contributed by atoms with Crippen LogP contribution in [0.4, 0.5) is 5.00 Å². The SMILES string of the molecule is CN=C(NC1CC1(C)C)N1CCN(c2cccs2)CC1. The average molecular weight is 292 g/mol. The number of anilines is 1. The van der Waals surface area contributed by atoms with E-state index in [1.807, 2.05) is 18.4 Å². The zero-order chi connectivity index (χ0) is 14.2. The molecular weight excluding hydrogens is 268 g/mol. The molecule has 1 atom stereocenters. The number of hydrogen-bond donors (Lipinski definition) is 1. The molecule has 2 fully saturated rings. The van der Waals surface area contributed by atoms with Crippen molar-refractivity contribution in [3.8, 4) is 0 Å². The van der Waals surface area contributed by atoms with Crippen LogP contribution in [0.5, 0.6) is 0 Å². The zero-order valence-corrected chi connectivity index (χ0v) is 13.4. The second-order valence-electron chi connectivity index (χ2n) is 6.36. The fraction of sp³-hybridized carbons (Fsp3) is 0.667. The molecule has 2 heterocycles. The minimum absolute atomic E-state index is 0.439. The van der Waals surface area contributed by atoms with Crippen LogP contribution in [-0.4, -0.2) is 50.1 Å². The number of nitrogens with zero attached hydrogens (tertiary/aromatic N) is 3. The quantitative estimate of drug-likeness (QED) is 0.670. The summed E-state index contributed by atoms with van der Waals surface area (Å²) in [6.45, 7) is 8.87. The molecule has 20 heavy (non-hydrogen) atoms. The van der Waals surface area contributed by atoms with Gasteiger partial charge in [0.1, 0.15) is 0 Å². The molecule has 0 bridgehead atoms. The third-order valence-corrected chi connectivity index (χ3v) is 5.35. The lowest BCUT2D eigenvalue weighted by molar-refractivity contribution is 0.370. The number of rotatable bonds is 2. The molecule has 5 heteroatoms. The molecular formula is C15H24N4S. The lowest BCUT2D eigenvalue weighted by Gasteiger charge is -2.37. The first kappa shape index (κ1) is 13.7. The third kappa shape index (κ3) is 2.77. The van der Waals surface area contributed by atoms with E-state index in [0.29, 0.717) is 11.5 Å². The van der Waals surface area contributed by atoms with Gasteiger partial charge in [-0.3, -0.25) is 4.99 Å². The predicted octanol–water partition coefficient (Wildman–Crippen LogP) is 2.24. The van der Waals surface area contributed by atoms with Crippen LogP contribution < -0.4 is 10.2 Å². The molecule has 0 spiro atoms. The van der Waals surface area contributed by atoms with E-state index in [1.54, 1.807) is 0 Å². The molecule has 2 aliphatic rings. The van der Waals surface area contributed by atoms with E-state index in [0.717, 1.165) is 32.1 Å². The van der Waals surface area contributed by atoms with Gasteiger partial charge in [-0.1, -0.05) is 13.8 Å². The van der Waals surface area contributed by atoms with E-state index < -0.39 is 0 Å². The smallest absolute Gasteiger partial charge is 0.194 e. The van der Waals surface area contributed by atoms with E-state index >= 15 is 0 Å². The van der Waals surface area contributed by atoms with E-state index in [9.17, 15) is 0 Å². The summed E-state index contributed by atoms with van der Waals surface area (Å²) in [6, 6.07) is 4.93. The topological polar surface area (TPSA) is 30.9 Å². The molecule has 1 aromatic rings. The molecule has 1 N–H and O–H groups in total. The molecule has 1 aromatic heterocycles. The second-order valence-corrected chi connectivity index (χ2v) is 7.29. The van der Waals surface area contributed by atoms with Crippen molar-refractivity contribution in [2.24, 2.45) is 10.4 Å². The maximum Gasteiger partial charge on any atom is 0.194 e.